The molecule has 2 aromatic carbocycles. The van der Waals surface area contributed by atoms with Crippen LogP contribution in [0.15, 0.2) is 36.7 Å². The normalized spacial score (nSPS) is 10.5. The Kier molecular flexibility index (Phi) is 4.24. The third kappa shape index (κ3) is 2.83. The Bertz CT molecular complexity index is 863. The lowest BCUT2D eigenvalue weighted by atomic mass is 10.2. The molecule has 0 amide bonds. The first-order valence-electron chi connectivity index (χ1n) is 7.11. The van der Waals surface area contributed by atoms with Crippen molar-refractivity contribution in [3.05, 3.63) is 42.2 Å². The minimum Gasteiger partial charge on any atom is -0.493 e. The highest BCUT2D eigenvalue weighted by atomic mass is 16.5. The summed E-state index contributed by atoms with van der Waals surface area (Å²) in [5.41, 5.74) is 1.86. The third-order valence-corrected chi connectivity index (χ3v) is 3.50. The van der Waals surface area contributed by atoms with Gasteiger partial charge in [0.15, 0.2) is 11.5 Å². The first kappa shape index (κ1) is 15.7. The van der Waals surface area contributed by atoms with Crippen LogP contribution in [0.4, 0.5) is 0 Å². The number of hydrogen-bond donors (Lipinski definition) is 1. The molecule has 1 aromatic heterocycles. The molecule has 0 bridgehead atoms. The molecule has 0 atom stereocenters. The molecule has 3 rings (SSSR count). The number of methoxy groups -OCH3 is 3. The van der Waals surface area contributed by atoms with E-state index in [2.05, 4.69) is 9.97 Å². The van der Waals surface area contributed by atoms with Gasteiger partial charge in [-0.3, -0.25) is 0 Å². The fourth-order valence-electron chi connectivity index (χ4n) is 2.34. The van der Waals surface area contributed by atoms with E-state index in [0.717, 1.165) is 11.0 Å². The lowest BCUT2D eigenvalue weighted by molar-refractivity contribution is 0.0734. The predicted molar refractivity (Wildman–Crippen MR) is 87.2 cm³/mol. The molecule has 0 fully saturated rings. The molecule has 0 unspecified atom stereocenters. The van der Waals surface area contributed by atoms with Crippen LogP contribution in [0.1, 0.15) is 10.4 Å². The summed E-state index contributed by atoms with van der Waals surface area (Å²) < 4.78 is 21.1. The fraction of sp³-hybridized carbons (Fsp3) is 0.176. The van der Waals surface area contributed by atoms with Crippen LogP contribution >= 0.6 is 0 Å². The fourth-order valence-corrected chi connectivity index (χ4v) is 2.34. The van der Waals surface area contributed by atoms with Gasteiger partial charge >= 0.3 is 5.97 Å². The molecule has 1 N–H and O–H groups in total. The molecule has 7 heteroatoms. The number of nitrogens with one attached hydrogen (secondary N) is 1. The van der Waals surface area contributed by atoms with E-state index in [4.69, 9.17) is 18.9 Å². The number of rotatable bonds is 5. The molecule has 0 aliphatic rings. The molecule has 3 aromatic rings. The number of nitrogens with zero attached hydrogens (tertiary/aromatic N) is 1. The van der Waals surface area contributed by atoms with E-state index in [-0.39, 0.29) is 5.56 Å². The zero-order valence-electron chi connectivity index (χ0n) is 13.5. The van der Waals surface area contributed by atoms with Crippen molar-refractivity contribution >= 4 is 17.0 Å². The Labute approximate surface area is 138 Å². The van der Waals surface area contributed by atoms with Gasteiger partial charge in [0.2, 0.25) is 5.75 Å². The molecule has 124 valence electrons. The lowest BCUT2D eigenvalue weighted by Crippen LogP contribution is -2.09. The van der Waals surface area contributed by atoms with Gasteiger partial charge in [-0.15, -0.1) is 0 Å². The first-order valence-corrected chi connectivity index (χ1v) is 7.11. The minimum atomic E-state index is -0.534. The van der Waals surface area contributed by atoms with Gasteiger partial charge in [-0.05, 0) is 24.3 Å². The van der Waals surface area contributed by atoms with Gasteiger partial charge in [-0.25, -0.2) is 9.78 Å². The Hall–Kier alpha value is -3.22. The number of ether oxygens (including phenoxy) is 4. The van der Waals surface area contributed by atoms with Crippen LogP contribution in [0.25, 0.3) is 11.0 Å². The van der Waals surface area contributed by atoms with Crippen LogP contribution in [0.3, 0.4) is 0 Å². The number of imidazole rings is 1. The van der Waals surface area contributed by atoms with E-state index < -0.39 is 5.97 Å². The summed E-state index contributed by atoms with van der Waals surface area (Å²) >= 11 is 0. The summed E-state index contributed by atoms with van der Waals surface area (Å²) in [6.45, 7) is 0. The zero-order valence-corrected chi connectivity index (χ0v) is 13.5. The van der Waals surface area contributed by atoms with Crippen molar-refractivity contribution in [2.45, 2.75) is 0 Å². The summed E-state index contributed by atoms with van der Waals surface area (Å²) in [5.74, 6) is 1.05. The molecular weight excluding hydrogens is 312 g/mol. The van der Waals surface area contributed by atoms with Gasteiger partial charge in [-0.2, -0.15) is 0 Å². The second-order valence-corrected chi connectivity index (χ2v) is 4.89. The summed E-state index contributed by atoms with van der Waals surface area (Å²) in [5, 5.41) is 0. The Balaban J connectivity index is 1.91. The number of benzene rings is 2. The molecule has 1 heterocycles. The Morgan fingerprint density at radius 2 is 1.71 bits per heavy atom. The SMILES string of the molecule is COc1cc(C(=O)Oc2ccc3nc[nH]c3c2)cc(OC)c1OC. The molecule has 0 saturated carbocycles. The minimum absolute atomic E-state index is 0.286. The summed E-state index contributed by atoms with van der Waals surface area (Å²) in [6.07, 6.45) is 1.58. The summed E-state index contributed by atoms with van der Waals surface area (Å²) in [4.78, 5) is 19.5. The predicted octanol–water partition coefficient (Wildman–Crippen LogP) is 2.81. The van der Waals surface area contributed by atoms with Crippen LogP contribution in [-0.4, -0.2) is 37.3 Å². The summed E-state index contributed by atoms with van der Waals surface area (Å²) in [7, 11) is 4.47. The summed E-state index contributed by atoms with van der Waals surface area (Å²) in [6, 6.07) is 8.23. The zero-order chi connectivity index (χ0) is 17.1. The third-order valence-electron chi connectivity index (χ3n) is 3.50. The second kappa shape index (κ2) is 6.49. The number of fused-ring (bicyclic) bond motifs is 1. The highest BCUT2D eigenvalue weighted by molar-refractivity contribution is 5.93. The Morgan fingerprint density at radius 3 is 2.33 bits per heavy atom. The molecule has 0 aliphatic carbocycles. The van der Waals surface area contributed by atoms with Gasteiger partial charge in [0.1, 0.15) is 5.75 Å². The number of H-pyrrole nitrogens is 1. The number of carbonyl (C=O) groups excluding carboxylic acids is 1. The number of carbonyl (C=O) groups is 1. The average molecular weight is 328 g/mol. The molecule has 0 saturated heterocycles. The number of esters is 1. The van der Waals surface area contributed by atoms with Crippen molar-refractivity contribution in [3.8, 4) is 23.0 Å². The largest absolute Gasteiger partial charge is 0.493 e. The molecule has 0 radical (unpaired) electrons. The van der Waals surface area contributed by atoms with Gasteiger partial charge in [-0.1, -0.05) is 0 Å². The van der Waals surface area contributed by atoms with Gasteiger partial charge < -0.3 is 23.9 Å². The van der Waals surface area contributed by atoms with Crippen LogP contribution in [0, 0.1) is 0 Å². The van der Waals surface area contributed by atoms with Crippen molar-refractivity contribution in [2.75, 3.05) is 21.3 Å². The average Bonchev–Trinajstić information content (AvgIpc) is 3.07. The number of aromatic amines is 1. The van der Waals surface area contributed by atoms with Crippen LogP contribution in [-0.2, 0) is 0 Å². The van der Waals surface area contributed by atoms with Crippen molar-refractivity contribution in [1.29, 1.82) is 0 Å². The first-order chi connectivity index (χ1) is 11.7. The molecular formula is C17H16N2O5. The van der Waals surface area contributed by atoms with E-state index >= 15 is 0 Å². The highest BCUT2D eigenvalue weighted by Crippen LogP contribution is 2.38. The maximum atomic E-state index is 12.4. The molecule has 0 aliphatic heterocycles. The molecule has 0 spiro atoms. The monoisotopic (exact) mass is 328 g/mol. The maximum absolute atomic E-state index is 12.4. The maximum Gasteiger partial charge on any atom is 0.343 e. The van der Waals surface area contributed by atoms with Gasteiger partial charge in [0.05, 0.1) is 44.3 Å². The molecule has 24 heavy (non-hydrogen) atoms. The van der Waals surface area contributed by atoms with E-state index in [1.165, 1.54) is 21.3 Å². The van der Waals surface area contributed by atoms with Crippen LogP contribution in [0.2, 0.25) is 0 Å². The van der Waals surface area contributed by atoms with Crippen molar-refractivity contribution in [2.24, 2.45) is 0 Å². The molecule has 7 nitrogen and oxygen atoms in total. The lowest BCUT2D eigenvalue weighted by Gasteiger charge is -2.13. The van der Waals surface area contributed by atoms with E-state index in [9.17, 15) is 4.79 Å². The van der Waals surface area contributed by atoms with E-state index in [1.807, 2.05) is 0 Å². The van der Waals surface area contributed by atoms with E-state index in [1.54, 1.807) is 36.7 Å². The number of aromatic nitrogens is 2. The standard InChI is InChI=1S/C17H16N2O5/c1-21-14-6-10(7-15(22-2)16(14)23-3)17(20)24-11-4-5-12-13(8-11)19-9-18-12/h4-9H,1-3H3,(H,18,19). The smallest absolute Gasteiger partial charge is 0.343 e. The quantitative estimate of drug-likeness (QED) is 0.573. The second-order valence-electron chi connectivity index (χ2n) is 4.89. The van der Waals surface area contributed by atoms with Crippen molar-refractivity contribution in [1.82, 2.24) is 9.97 Å². The van der Waals surface area contributed by atoms with Crippen molar-refractivity contribution in [3.63, 3.8) is 0 Å². The van der Waals surface area contributed by atoms with Crippen LogP contribution < -0.4 is 18.9 Å². The highest BCUT2D eigenvalue weighted by Gasteiger charge is 2.18. The Morgan fingerprint density at radius 1 is 1.00 bits per heavy atom. The topological polar surface area (TPSA) is 82.7 Å². The number of hydrogen-bond acceptors (Lipinski definition) is 6. The van der Waals surface area contributed by atoms with E-state index in [0.29, 0.717) is 23.0 Å². The van der Waals surface area contributed by atoms with Gasteiger partial charge in [0.25, 0.3) is 0 Å². The van der Waals surface area contributed by atoms with Crippen molar-refractivity contribution < 1.29 is 23.7 Å². The van der Waals surface area contributed by atoms with Crippen LogP contribution in [0.5, 0.6) is 23.0 Å². The van der Waals surface area contributed by atoms with Gasteiger partial charge in [0, 0.05) is 6.07 Å².